The zero-order valence-corrected chi connectivity index (χ0v) is 12.4. The summed E-state index contributed by atoms with van der Waals surface area (Å²) in [6.45, 7) is 8.07. The zero-order valence-electron chi connectivity index (χ0n) is 11.6. The number of thiazole rings is 1. The fourth-order valence-corrected chi connectivity index (χ4v) is 3.34. The van der Waals surface area contributed by atoms with Gasteiger partial charge in [-0.15, -0.1) is 11.3 Å². The highest BCUT2D eigenvalue weighted by atomic mass is 32.1. The number of nitrogens with zero attached hydrogens (tertiary/aromatic N) is 2. The maximum atomic E-state index is 4.52. The van der Waals surface area contributed by atoms with Gasteiger partial charge in [0.25, 0.3) is 0 Å². The van der Waals surface area contributed by atoms with Crippen molar-refractivity contribution >= 4 is 16.5 Å². The van der Waals surface area contributed by atoms with Gasteiger partial charge in [-0.3, -0.25) is 0 Å². The van der Waals surface area contributed by atoms with Crippen molar-refractivity contribution in [2.45, 2.75) is 52.0 Å². The Bertz CT molecular complexity index is 351. The van der Waals surface area contributed by atoms with Crippen LogP contribution in [-0.4, -0.2) is 35.6 Å². The summed E-state index contributed by atoms with van der Waals surface area (Å²) in [4.78, 5) is 7.15. The van der Waals surface area contributed by atoms with Crippen LogP contribution in [0.1, 0.15) is 45.2 Å². The van der Waals surface area contributed by atoms with Crippen LogP contribution in [0.2, 0.25) is 0 Å². The molecule has 102 valence electrons. The van der Waals surface area contributed by atoms with E-state index in [4.69, 9.17) is 0 Å². The van der Waals surface area contributed by atoms with Crippen molar-refractivity contribution in [1.29, 1.82) is 0 Å². The Morgan fingerprint density at radius 1 is 1.50 bits per heavy atom. The Morgan fingerprint density at radius 2 is 2.39 bits per heavy atom. The van der Waals surface area contributed by atoms with Crippen LogP contribution in [0.4, 0.5) is 5.13 Å². The molecule has 4 heteroatoms. The smallest absolute Gasteiger partial charge is 0.182 e. The first-order valence-electron chi connectivity index (χ1n) is 7.22. The third-order valence-corrected chi connectivity index (χ3v) is 4.60. The van der Waals surface area contributed by atoms with Crippen LogP contribution >= 0.6 is 11.3 Å². The molecule has 0 spiro atoms. The highest BCUT2D eigenvalue weighted by Gasteiger charge is 2.16. The maximum absolute atomic E-state index is 4.52. The molecule has 1 aromatic heterocycles. The number of nitrogens with one attached hydrogen (secondary N) is 1. The second-order valence-corrected chi connectivity index (χ2v) is 6.02. The van der Waals surface area contributed by atoms with Gasteiger partial charge in [0.05, 0.1) is 5.69 Å². The predicted molar refractivity (Wildman–Crippen MR) is 79.5 cm³/mol. The third kappa shape index (κ3) is 3.95. The number of rotatable bonds is 6. The molecule has 0 amide bonds. The van der Waals surface area contributed by atoms with Crippen LogP contribution in [-0.2, 0) is 6.42 Å². The summed E-state index contributed by atoms with van der Waals surface area (Å²) in [5.41, 5.74) is 1.20. The molecule has 2 heterocycles. The van der Waals surface area contributed by atoms with Crippen LogP contribution in [0, 0.1) is 0 Å². The quantitative estimate of drug-likeness (QED) is 0.801. The van der Waals surface area contributed by atoms with E-state index in [9.17, 15) is 0 Å². The first-order chi connectivity index (χ1) is 8.79. The molecule has 1 fully saturated rings. The van der Waals surface area contributed by atoms with Crippen LogP contribution in [0.15, 0.2) is 5.38 Å². The van der Waals surface area contributed by atoms with Gasteiger partial charge < -0.3 is 10.2 Å². The van der Waals surface area contributed by atoms with Gasteiger partial charge in [0.2, 0.25) is 0 Å². The molecular formula is C14H25N3S. The number of hydrogen-bond donors (Lipinski definition) is 1. The summed E-state index contributed by atoms with van der Waals surface area (Å²) < 4.78 is 0. The van der Waals surface area contributed by atoms with E-state index < -0.39 is 0 Å². The lowest BCUT2D eigenvalue weighted by molar-refractivity contribution is 0.160. The molecule has 1 aromatic rings. The highest BCUT2D eigenvalue weighted by molar-refractivity contribution is 7.13. The number of anilines is 1. The van der Waals surface area contributed by atoms with Crippen LogP contribution in [0.25, 0.3) is 0 Å². The van der Waals surface area contributed by atoms with Crippen molar-refractivity contribution < 1.29 is 0 Å². The molecule has 18 heavy (non-hydrogen) atoms. The monoisotopic (exact) mass is 267 g/mol. The molecule has 0 radical (unpaired) electrons. The van der Waals surface area contributed by atoms with Gasteiger partial charge in [0.15, 0.2) is 5.13 Å². The zero-order chi connectivity index (χ0) is 12.8. The van der Waals surface area contributed by atoms with E-state index in [2.05, 4.69) is 34.4 Å². The van der Waals surface area contributed by atoms with Crippen molar-refractivity contribution in [2.75, 3.05) is 25.0 Å². The molecule has 0 saturated carbocycles. The molecular weight excluding hydrogens is 242 g/mol. The Labute approximate surface area is 115 Å². The van der Waals surface area contributed by atoms with Crippen LogP contribution in [0.5, 0.6) is 0 Å². The van der Waals surface area contributed by atoms with E-state index in [1.54, 1.807) is 11.3 Å². The molecule has 2 rings (SSSR count). The van der Waals surface area contributed by atoms with Crippen LogP contribution < -0.4 is 5.32 Å². The summed E-state index contributed by atoms with van der Waals surface area (Å²) in [6, 6.07) is 0.783. The molecule has 0 aliphatic carbocycles. The topological polar surface area (TPSA) is 28.2 Å². The maximum Gasteiger partial charge on any atom is 0.182 e. The lowest BCUT2D eigenvalue weighted by Crippen LogP contribution is -2.38. The van der Waals surface area contributed by atoms with Gasteiger partial charge in [-0.25, -0.2) is 4.98 Å². The summed E-state index contributed by atoms with van der Waals surface area (Å²) in [6.07, 6.45) is 6.41. The fraction of sp³-hybridized carbons (Fsp3) is 0.786. The van der Waals surface area contributed by atoms with Crippen molar-refractivity contribution in [3.05, 3.63) is 11.1 Å². The second kappa shape index (κ2) is 7.10. The summed E-state index contributed by atoms with van der Waals surface area (Å²) >= 11 is 1.72. The fourth-order valence-electron chi connectivity index (χ4n) is 2.52. The normalized spacial score (nSPS) is 21.1. The third-order valence-electron chi connectivity index (χ3n) is 3.75. The Hall–Kier alpha value is -0.610. The summed E-state index contributed by atoms with van der Waals surface area (Å²) in [5, 5.41) is 6.66. The predicted octanol–water partition coefficient (Wildman–Crippen LogP) is 3.38. The van der Waals surface area contributed by atoms with Gasteiger partial charge in [0, 0.05) is 24.5 Å². The van der Waals surface area contributed by atoms with E-state index in [-0.39, 0.29) is 0 Å². The van der Waals surface area contributed by atoms with Gasteiger partial charge >= 0.3 is 0 Å². The molecule has 3 nitrogen and oxygen atoms in total. The minimum absolute atomic E-state index is 0.783. The van der Waals surface area contributed by atoms with E-state index in [1.807, 2.05) is 0 Å². The van der Waals surface area contributed by atoms with Gasteiger partial charge in [0.1, 0.15) is 0 Å². The van der Waals surface area contributed by atoms with Crippen LogP contribution in [0.3, 0.4) is 0 Å². The SMILES string of the molecule is CCc1csc(NCCCN2CCCCC2C)n1. The molecule has 1 aliphatic rings. The molecule has 1 N–H and O–H groups in total. The number of likely N-dealkylation sites (tertiary alicyclic amines) is 1. The van der Waals surface area contributed by atoms with E-state index >= 15 is 0 Å². The summed E-state index contributed by atoms with van der Waals surface area (Å²) in [5.74, 6) is 0. The molecule has 1 unspecified atom stereocenters. The van der Waals surface area contributed by atoms with Crippen molar-refractivity contribution in [3.8, 4) is 0 Å². The van der Waals surface area contributed by atoms with Crippen molar-refractivity contribution in [3.63, 3.8) is 0 Å². The lowest BCUT2D eigenvalue weighted by Gasteiger charge is -2.33. The number of piperidine rings is 1. The number of aromatic nitrogens is 1. The lowest BCUT2D eigenvalue weighted by atomic mass is 10.0. The van der Waals surface area contributed by atoms with Crippen molar-refractivity contribution in [1.82, 2.24) is 9.88 Å². The average molecular weight is 267 g/mol. The second-order valence-electron chi connectivity index (χ2n) is 5.16. The Kier molecular flexibility index (Phi) is 5.45. The number of aryl methyl sites for hydroxylation is 1. The highest BCUT2D eigenvalue weighted by Crippen LogP contribution is 2.17. The average Bonchev–Trinajstić information content (AvgIpc) is 2.84. The van der Waals surface area contributed by atoms with E-state index in [0.717, 1.165) is 24.1 Å². The van der Waals surface area contributed by atoms with E-state index in [0.29, 0.717) is 0 Å². The first kappa shape index (κ1) is 13.8. The van der Waals surface area contributed by atoms with E-state index in [1.165, 1.54) is 44.5 Å². The van der Waals surface area contributed by atoms with Gasteiger partial charge in [-0.1, -0.05) is 13.3 Å². The number of hydrogen-bond acceptors (Lipinski definition) is 4. The first-order valence-corrected chi connectivity index (χ1v) is 8.10. The molecule has 1 saturated heterocycles. The molecule has 1 atom stereocenters. The molecule has 1 aliphatic heterocycles. The standard InChI is InChI=1S/C14H25N3S/c1-3-13-11-18-14(16-13)15-8-6-10-17-9-5-4-7-12(17)2/h11-12H,3-10H2,1-2H3,(H,15,16). The molecule has 0 aromatic carbocycles. The minimum Gasteiger partial charge on any atom is -0.361 e. The van der Waals surface area contributed by atoms with Crippen molar-refractivity contribution in [2.24, 2.45) is 0 Å². The minimum atomic E-state index is 0.783. The molecule has 0 bridgehead atoms. The Morgan fingerprint density at radius 3 is 3.11 bits per heavy atom. The largest absolute Gasteiger partial charge is 0.361 e. The Balaban J connectivity index is 1.63. The van der Waals surface area contributed by atoms with Gasteiger partial charge in [-0.2, -0.15) is 0 Å². The van der Waals surface area contributed by atoms with Gasteiger partial charge in [-0.05, 0) is 39.2 Å². The summed E-state index contributed by atoms with van der Waals surface area (Å²) in [7, 11) is 0.